The quantitative estimate of drug-likeness (QED) is 0.0642. The Hall–Kier alpha value is 0.279. The molecule has 4 atom stereocenters. The standard InChI is InChI=1S/2C10H20O4S.2C4H9.Sn/c2*1-4-12-5-8(2)13-6-9(3)14-10(11)7-15;2*1-3-4-2;/h2*8-9,15H,4-7H2,1-3H3;2*1,3-4H2,2H3;. The first kappa shape index (κ1) is 43.7. The SMILES string of the molecule is CCC[CH2][Sn][CH2]CCC.CCOCC(C)OCC(C)OC(=O)CS.CCOCC(C)OCC(C)OC(=O)CS. The molecule has 0 aliphatic heterocycles. The second-order valence-corrected chi connectivity index (χ2v) is 13.9. The number of esters is 2. The average molecular weight is 706 g/mol. The fourth-order valence-electron chi connectivity index (χ4n) is 2.58. The maximum absolute atomic E-state index is 10.9. The summed E-state index contributed by atoms with van der Waals surface area (Å²) in [7, 11) is 0. The van der Waals surface area contributed by atoms with Gasteiger partial charge < -0.3 is 28.4 Å². The average Bonchev–Trinajstić information content (AvgIpc) is 2.93. The molecule has 0 saturated heterocycles. The fourth-order valence-corrected chi connectivity index (χ4v) is 6.89. The number of unbranched alkanes of at least 4 members (excludes halogenated alkanes) is 2. The molecule has 0 N–H and O–H groups in total. The van der Waals surface area contributed by atoms with Crippen molar-refractivity contribution in [2.75, 3.05) is 51.1 Å². The van der Waals surface area contributed by atoms with Gasteiger partial charge in [-0.1, -0.05) is 0 Å². The van der Waals surface area contributed by atoms with Crippen LogP contribution in [0.15, 0.2) is 0 Å². The van der Waals surface area contributed by atoms with Gasteiger partial charge in [0.1, 0.15) is 12.2 Å². The van der Waals surface area contributed by atoms with Crippen LogP contribution in [0.3, 0.4) is 0 Å². The van der Waals surface area contributed by atoms with Crippen LogP contribution in [0.25, 0.3) is 0 Å². The van der Waals surface area contributed by atoms with E-state index in [0.29, 0.717) is 39.6 Å². The van der Waals surface area contributed by atoms with Crippen molar-refractivity contribution < 1.29 is 38.0 Å². The number of hydrogen-bond donors (Lipinski definition) is 2. The summed E-state index contributed by atoms with van der Waals surface area (Å²) in [5.74, 6) is -0.462. The first-order valence-corrected chi connectivity index (χ1v) is 19.6. The van der Waals surface area contributed by atoms with Crippen molar-refractivity contribution in [2.24, 2.45) is 0 Å². The van der Waals surface area contributed by atoms with E-state index >= 15 is 0 Å². The molecule has 0 spiro atoms. The van der Waals surface area contributed by atoms with Crippen molar-refractivity contribution in [3.05, 3.63) is 0 Å². The third-order valence-electron chi connectivity index (χ3n) is 4.68. The molecule has 0 aliphatic carbocycles. The minimum atomic E-state index is -0.327. The molecule has 39 heavy (non-hydrogen) atoms. The monoisotopic (exact) mass is 706 g/mol. The first-order chi connectivity index (χ1) is 18.6. The van der Waals surface area contributed by atoms with Gasteiger partial charge in [0.2, 0.25) is 0 Å². The Labute approximate surface area is 260 Å². The summed E-state index contributed by atoms with van der Waals surface area (Å²) in [5, 5.41) is 0. The van der Waals surface area contributed by atoms with Gasteiger partial charge in [0.15, 0.2) is 0 Å². The van der Waals surface area contributed by atoms with Gasteiger partial charge in [0.25, 0.3) is 0 Å². The van der Waals surface area contributed by atoms with Gasteiger partial charge in [-0.3, -0.25) is 9.59 Å². The Balaban J connectivity index is -0.000000516. The van der Waals surface area contributed by atoms with E-state index in [0.717, 1.165) is 0 Å². The molecule has 234 valence electrons. The molecule has 2 radical (unpaired) electrons. The van der Waals surface area contributed by atoms with Crippen molar-refractivity contribution in [2.45, 2.75) is 114 Å². The van der Waals surface area contributed by atoms with Crippen LogP contribution in [-0.4, -0.2) is 109 Å². The molecule has 0 aromatic rings. The number of ether oxygens (including phenoxy) is 6. The summed E-state index contributed by atoms with van der Waals surface area (Å²) < 4.78 is 34.4. The van der Waals surface area contributed by atoms with E-state index in [1.807, 2.05) is 27.7 Å². The predicted molar refractivity (Wildman–Crippen MR) is 168 cm³/mol. The Morgan fingerprint density at radius 1 is 0.615 bits per heavy atom. The molecule has 0 amide bonds. The molecule has 8 nitrogen and oxygen atoms in total. The van der Waals surface area contributed by atoms with E-state index in [2.05, 4.69) is 39.1 Å². The second kappa shape index (κ2) is 34.5. The van der Waals surface area contributed by atoms with Crippen LogP contribution in [0.1, 0.15) is 81.1 Å². The zero-order chi connectivity index (χ0) is 30.3. The van der Waals surface area contributed by atoms with Crippen LogP contribution in [0.4, 0.5) is 0 Å². The normalized spacial score (nSPS) is 13.6. The number of carbonyl (C=O) groups excluding carboxylic acids is 2. The summed E-state index contributed by atoms with van der Waals surface area (Å²) in [6, 6.07) is 0. The minimum absolute atomic E-state index is 0.0158. The minimum Gasteiger partial charge on any atom is -0.460 e. The summed E-state index contributed by atoms with van der Waals surface area (Å²) in [6.07, 6.45) is 5.39. The van der Waals surface area contributed by atoms with Gasteiger partial charge in [0.05, 0.1) is 50.1 Å². The van der Waals surface area contributed by atoms with Crippen LogP contribution in [0.5, 0.6) is 0 Å². The molecule has 0 aliphatic rings. The molecule has 11 heteroatoms. The van der Waals surface area contributed by atoms with E-state index in [9.17, 15) is 9.59 Å². The van der Waals surface area contributed by atoms with Gasteiger partial charge in [-0.2, -0.15) is 25.3 Å². The molecule has 0 saturated carbocycles. The summed E-state index contributed by atoms with van der Waals surface area (Å²) in [4.78, 5) is 21.7. The topological polar surface area (TPSA) is 89.5 Å². The Morgan fingerprint density at radius 3 is 1.26 bits per heavy atom. The van der Waals surface area contributed by atoms with E-state index < -0.39 is 0 Å². The molecule has 0 aromatic carbocycles. The molecule has 4 unspecified atom stereocenters. The van der Waals surface area contributed by atoms with Crippen molar-refractivity contribution in [3.63, 3.8) is 0 Å². The molecule has 0 bridgehead atoms. The van der Waals surface area contributed by atoms with E-state index in [1.54, 1.807) is 22.7 Å². The maximum atomic E-state index is 10.9. The maximum Gasteiger partial charge on any atom is 0.315 e. The summed E-state index contributed by atoms with van der Waals surface area (Å²) in [5.41, 5.74) is 0. The molecule has 0 rings (SSSR count). The Bertz CT molecular complexity index is 488. The van der Waals surface area contributed by atoms with Crippen LogP contribution in [0.2, 0.25) is 8.87 Å². The third kappa shape index (κ3) is 38.3. The third-order valence-corrected chi connectivity index (χ3v) is 9.23. The van der Waals surface area contributed by atoms with E-state index in [1.165, 1.54) is 25.7 Å². The molecule has 0 aromatic heterocycles. The number of rotatable bonds is 22. The van der Waals surface area contributed by atoms with Crippen molar-refractivity contribution >= 4 is 58.3 Å². The predicted octanol–water partition coefficient (Wildman–Crippen LogP) is 5.71. The van der Waals surface area contributed by atoms with Crippen LogP contribution in [-0.2, 0) is 38.0 Å². The molecule has 0 fully saturated rings. The first-order valence-electron chi connectivity index (χ1n) is 14.3. The van der Waals surface area contributed by atoms with Gasteiger partial charge >= 0.3 is 81.5 Å². The second-order valence-electron chi connectivity index (χ2n) is 8.98. The van der Waals surface area contributed by atoms with Crippen molar-refractivity contribution in [3.8, 4) is 0 Å². The smallest absolute Gasteiger partial charge is 0.315 e. The fraction of sp³-hybridized carbons (Fsp3) is 0.929. The van der Waals surface area contributed by atoms with Crippen molar-refractivity contribution in [1.82, 2.24) is 0 Å². The largest absolute Gasteiger partial charge is 0.460 e. The van der Waals surface area contributed by atoms with Gasteiger partial charge in [-0.05, 0) is 41.5 Å². The van der Waals surface area contributed by atoms with Gasteiger partial charge in [-0.25, -0.2) is 0 Å². The summed E-state index contributed by atoms with van der Waals surface area (Å²) in [6.45, 7) is 19.1. The van der Waals surface area contributed by atoms with E-state index in [-0.39, 0.29) is 69.0 Å². The zero-order valence-corrected chi connectivity index (χ0v) is 30.5. The Kier molecular flexibility index (Phi) is 38.7. The molecule has 0 heterocycles. The van der Waals surface area contributed by atoms with Gasteiger partial charge in [0, 0.05) is 13.2 Å². The number of carbonyl (C=O) groups is 2. The summed E-state index contributed by atoms with van der Waals surface area (Å²) >= 11 is 7.77. The van der Waals surface area contributed by atoms with Crippen LogP contribution in [0, 0.1) is 0 Å². The van der Waals surface area contributed by atoms with Crippen molar-refractivity contribution in [1.29, 1.82) is 0 Å². The Morgan fingerprint density at radius 2 is 0.974 bits per heavy atom. The number of thiol groups is 2. The molecular weight excluding hydrogens is 647 g/mol. The molecular formula is C28H58O8S2Sn. The van der Waals surface area contributed by atoms with Crippen LogP contribution < -0.4 is 0 Å². The van der Waals surface area contributed by atoms with Crippen LogP contribution >= 0.6 is 25.3 Å². The zero-order valence-electron chi connectivity index (χ0n) is 25.9. The van der Waals surface area contributed by atoms with Gasteiger partial charge in [-0.15, -0.1) is 0 Å². The van der Waals surface area contributed by atoms with E-state index in [4.69, 9.17) is 28.4 Å². The number of hydrogen-bond acceptors (Lipinski definition) is 10.